The monoisotopic (exact) mass is 321 g/mol. The molecule has 1 aliphatic heterocycles. The standard InChI is InChI=1S/C14H16BrN3O/c1-19-13-5-4-9(15)7-10(13)12-8-17-14(18-12)11-3-2-6-16-11/h4-5,7-8,11,16H,2-3,6H2,1H3,(H,17,18). The summed E-state index contributed by atoms with van der Waals surface area (Å²) in [6.07, 6.45) is 4.23. The van der Waals surface area contributed by atoms with Gasteiger partial charge in [-0.05, 0) is 37.6 Å². The highest BCUT2D eigenvalue weighted by Gasteiger charge is 2.20. The number of nitrogens with zero attached hydrogens (tertiary/aromatic N) is 1. The Morgan fingerprint density at radius 3 is 3.05 bits per heavy atom. The molecule has 1 aromatic carbocycles. The van der Waals surface area contributed by atoms with E-state index in [2.05, 4.69) is 31.2 Å². The van der Waals surface area contributed by atoms with E-state index in [0.717, 1.165) is 40.3 Å². The van der Waals surface area contributed by atoms with Crippen LogP contribution in [0.4, 0.5) is 0 Å². The molecular weight excluding hydrogens is 306 g/mol. The maximum Gasteiger partial charge on any atom is 0.128 e. The van der Waals surface area contributed by atoms with Crippen LogP contribution in [-0.4, -0.2) is 23.6 Å². The molecule has 2 heterocycles. The molecule has 0 spiro atoms. The Labute approximate surface area is 120 Å². The fraction of sp³-hybridized carbons (Fsp3) is 0.357. The van der Waals surface area contributed by atoms with Gasteiger partial charge in [0.15, 0.2) is 0 Å². The van der Waals surface area contributed by atoms with Crippen molar-refractivity contribution in [3.05, 3.63) is 34.7 Å². The lowest BCUT2D eigenvalue weighted by Crippen LogP contribution is -2.14. The van der Waals surface area contributed by atoms with Crippen LogP contribution in [0.1, 0.15) is 24.7 Å². The van der Waals surface area contributed by atoms with Gasteiger partial charge in [-0.1, -0.05) is 15.9 Å². The molecule has 0 amide bonds. The van der Waals surface area contributed by atoms with Gasteiger partial charge in [-0.25, -0.2) is 4.98 Å². The van der Waals surface area contributed by atoms with Gasteiger partial charge in [-0.15, -0.1) is 0 Å². The van der Waals surface area contributed by atoms with E-state index in [9.17, 15) is 0 Å². The second-order valence-electron chi connectivity index (χ2n) is 4.68. The Morgan fingerprint density at radius 2 is 2.32 bits per heavy atom. The van der Waals surface area contributed by atoms with Gasteiger partial charge in [0.25, 0.3) is 0 Å². The van der Waals surface area contributed by atoms with Crippen LogP contribution < -0.4 is 10.1 Å². The van der Waals surface area contributed by atoms with Crippen molar-refractivity contribution in [3.8, 4) is 17.0 Å². The van der Waals surface area contributed by atoms with Gasteiger partial charge in [-0.3, -0.25) is 0 Å². The van der Waals surface area contributed by atoms with Gasteiger partial charge in [0.1, 0.15) is 11.6 Å². The number of nitrogens with one attached hydrogen (secondary N) is 2. The largest absolute Gasteiger partial charge is 0.496 e. The number of H-pyrrole nitrogens is 1. The highest BCUT2D eigenvalue weighted by atomic mass is 79.9. The molecule has 1 aromatic heterocycles. The van der Waals surface area contributed by atoms with Gasteiger partial charge in [-0.2, -0.15) is 0 Å². The molecule has 1 aliphatic rings. The Morgan fingerprint density at radius 1 is 1.42 bits per heavy atom. The highest BCUT2D eigenvalue weighted by Crippen LogP contribution is 2.32. The SMILES string of the molecule is COc1ccc(Br)cc1-c1cnc(C2CCCN2)[nH]1. The fourth-order valence-electron chi connectivity index (χ4n) is 2.46. The molecule has 0 aliphatic carbocycles. The summed E-state index contributed by atoms with van der Waals surface area (Å²) < 4.78 is 6.43. The molecule has 1 fully saturated rings. The van der Waals surface area contributed by atoms with E-state index in [0.29, 0.717) is 6.04 Å². The average Bonchev–Trinajstić information content (AvgIpc) is 3.09. The van der Waals surface area contributed by atoms with Crippen molar-refractivity contribution >= 4 is 15.9 Å². The van der Waals surface area contributed by atoms with E-state index in [1.165, 1.54) is 6.42 Å². The van der Waals surface area contributed by atoms with Crippen LogP contribution in [0, 0.1) is 0 Å². The number of hydrogen-bond donors (Lipinski definition) is 2. The maximum absolute atomic E-state index is 5.41. The molecule has 5 heteroatoms. The van der Waals surface area contributed by atoms with Crippen LogP contribution >= 0.6 is 15.9 Å². The topological polar surface area (TPSA) is 49.9 Å². The lowest BCUT2D eigenvalue weighted by Gasteiger charge is -2.08. The number of ether oxygens (including phenoxy) is 1. The van der Waals surface area contributed by atoms with Crippen molar-refractivity contribution in [1.82, 2.24) is 15.3 Å². The van der Waals surface area contributed by atoms with Crippen LogP contribution in [0.25, 0.3) is 11.3 Å². The number of rotatable bonds is 3. The van der Waals surface area contributed by atoms with E-state index < -0.39 is 0 Å². The molecular formula is C14H16BrN3O. The minimum absolute atomic E-state index is 0.354. The Kier molecular flexibility index (Phi) is 3.57. The summed E-state index contributed by atoms with van der Waals surface area (Å²) in [5.41, 5.74) is 2.01. The first-order chi connectivity index (χ1) is 9.28. The normalized spacial score (nSPS) is 18.7. The third-order valence-corrected chi connectivity index (χ3v) is 3.93. The van der Waals surface area contributed by atoms with Crippen LogP contribution in [-0.2, 0) is 0 Å². The Bertz CT molecular complexity index is 576. The second kappa shape index (κ2) is 5.35. The maximum atomic E-state index is 5.41. The van der Waals surface area contributed by atoms with Crippen molar-refractivity contribution in [2.24, 2.45) is 0 Å². The molecule has 1 unspecified atom stereocenters. The van der Waals surface area contributed by atoms with Crippen LogP contribution in [0.5, 0.6) is 5.75 Å². The molecule has 0 saturated carbocycles. The van der Waals surface area contributed by atoms with Crippen molar-refractivity contribution < 1.29 is 4.74 Å². The quantitative estimate of drug-likeness (QED) is 0.912. The summed E-state index contributed by atoms with van der Waals surface area (Å²) in [6.45, 7) is 1.07. The van der Waals surface area contributed by atoms with Gasteiger partial charge in [0.2, 0.25) is 0 Å². The zero-order valence-electron chi connectivity index (χ0n) is 10.7. The van der Waals surface area contributed by atoms with Crippen LogP contribution in [0.15, 0.2) is 28.9 Å². The molecule has 0 bridgehead atoms. The number of halogens is 1. The van der Waals surface area contributed by atoms with Crippen molar-refractivity contribution in [2.45, 2.75) is 18.9 Å². The van der Waals surface area contributed by atoms with Crippen molar-refractivity contribution in [2.75, 3.05) is 13.7 Å². The van der Waals surface area contributed by atoms with E-state index in [4.69, 9.17) is 4.74 Å². The fourth-order valence-corrected chi connectivity index (χ4v) is 2.82. The van der Waals surface area contributed by atoms with Gasteiger partial charge < -0.3 is 15.0 Å². The van der Waals surface area contributed by atoms with Crippen LogP contribution in [0.2, 0.25) is 0 Å². The number of methoxy groups -OCH3 is 1. The molecule has 3 rings (SSSR count). The number of hydrogen-bond acceptors (Lipinski definition) is 3. The van der Waals surface area contributed by atoms with Crippen molar-refractivity contribution in [1.29, 1.82) is 0 Å². The third-order valence-electron chi connectivity index (χ3n) is 3.44. The lowest BCUT2D eigenvalue weighted by molar-refractivity contribution is 0.416. The number of benzene rings is 1. The van der Waals surface area contributed by atoms with E-state index >= 15 is 0 Å². The summed E-state index contributed by atoms with van der Waals surface area (Å²) in [7, 11) is 1.68. The van der Waals surface area contributed by atoms with Gasteiger partial charge >= 0.3 is 0 Å². The first kappa shape index (κ1) is 12.7. The summed E-state index contributed by atoms with van der Waals surface area (Å²) in [5, 5.41) is 3.44. The van der Waals surface area contributed by atoms with E-state index in [-0.39, 0.29) is 0 Å². The van der Waals surface area contributed by atoms with Crippen LogP contribution in [0.3, 0.4) is 0 Å². The van der Waals surface area contributed by atoms with E-state index in [1.807, 2.05) is 24.4 Å². The zero-order valence-corrected chi connectivity index (χ0v) is 12.3. The predicted octanol–water partition coefficient (Wildman–Crippen LogP) is 3.27. The number of aromatic amines is 1. The van der Waals surface area contributed by atoms with Gasteiger partial charge in [0.05, 0.1) is 25.0 Å². The Balaban J connectivity index is 1.95. The first-order valence-electron chi connectivity index (χ1n) is 6.40. The number of aromatic nitrogens is 2. The summed E-state index contributed by atoms with van der Waals surface area (Å²) in [6, 6.07) is 6.32. The second-order valence-corrected chi connectivity index (χ2v) is 5.59. The number of imidazole rings is 1. The molecule has 100 valence electrons. The predicted molar refractivity (Wildman–Crippen MR) is 78.3 cm³/mol. The Hall–Kier alpha value is -1.33. The first-order valence-corrected chi connectivity index (χ1v) is 7.19. The zero-order chi connectivity index (χ0) is 13.2. The average molecular weight is 322 g/mol. The molecule has 0 radical (unpaired) electrons. The minimum atomic E-state index is 0.354. The highest BCUT2D eigenvalue weighted by molar-refractivity contribution is 9.10. The van der Waals surface area contributed by atoms with E-state index in [1.54, 1.807) is 7.11 Å². The molecule has 19 heavy (non-hydrogen) atoms. The molecule has 1 saturated heterocycles. The minimum Gasteiger partial charge on any atom is -0.496 e. The smallest absolute Gasteiger partial charge is 0.128 e. The summed E-state index contributed by atoms with van der Waals surface area (Å²) >= 11 is 3.49. The van der Waals surface area contributed by atoms with Gasteiger partial charge in [0, 0.05) is 10.0 Å². The molecule has 1 atom stereocenters. The lowest BCUT2D eigenvalue weighted by atomic mass is 10.1. The summed E-state index contributed by atoms with van der Waals surface area (Å²) in [4.78, 5) is 7.89. The van der Waals surface area contributed by atoms with Crippen molar-refractivity contribution in [3.63, 3.8) is 0 Å². The molecule has 2 aromatic rings. The summed E-state index contributed by atoms with van der Waals surface area (Å²) in [5.74, 6) is 1.85. The molecule has 2 N–H and O–H groups in total. The molecule has 4 nitrogen and oxygen atoms in total. The third kappa shape index (κ3) is 2.53.